The van der Waals surface area contributed by atoms with Crippen LogP contribution in [0.15, 0.2) is 24.5 Å². The van der Waals surface area contributed by atoms with Gasteiger partial charge in [-0.25, -0.2) is 4.98 Å². The number of aromatic nitrogens is 2. The van der Waals surface area contributed by atoms with Gasteiger partial charge in [0.1, 0.15) is 5.82 Å². The van der Waals surface area contributed by atoms with Crippen molar-refractivity contribution in [3.8, 4) is 0 Å². The average Bonchev–Trinajstić information content (AvgIpc) is 2.92. The Morgan fingerprint density at radius 2 is 2.43 bits per heavy atom. The first-order valence-electron chi connectivity index (χ1n) is 5.09. The minimum absolute atomic E-state index is 0.888. The van der Waals surface area contributed by atoms with Crippen LogP contribution in [0.5, 0.6) is 0 Å². The third-order valence-corrected chi connectivity index (χ3v) is 2.71. The van der Waals surface area contributed by atoms with Gasteiger partial charge in [0.2, 0.25) is 0 Å². The van der Waals surface area contributed by atoms with Crippen molar-refractivity contribution in [2.24, 2.45) is 5.92 Å². The molecule has 3 heteroatoms. The highest BCUT2D eigenvalue weighted by Gasteiger charge is 2.20. The summed E-state index contributed by atoms with van der Waals surface area (Å²) in [4.78, 5) is 7.47. The molecule has 1 aliphatic carbocycles. The lowest BCUT2D eigenvalue weighted by Crippen LogP contribution is -2.04. The number of hydrogen-bond acceptors (Lipinski definition) is 2. The fraction of sp³-hybridized carbons (Fsp3) is 0.364. The molecule has 0 saturated heterocycles. The van der Waals surface area contributed by atoms with E-state index in [0.29, 0.717) is 0 Å². The minimum Gasteiger partial charge on any atom is -0.370 e. The summed E-state index contributed by atoms with van der Waals surface area (Å²) in [5.41, 5.74) is 1.10. The molecule has 1 fully saturated rings. The first-order chi connectivity index (χ1) is 6.92. The quantitative estimate of drug-likeness (QED) is 0.774. The minimum atomic E-state index is 0.888. The summed E-state index contributed by atoms with van der Waals surface area (Å²) >= 11 is 0. The summed E-state index contributed by atoms with van der Waals surface area (Å²) in [6.45, 7) is 1.07. The van der Waals surface area contributed by atoms with Crippen LogP contribution in [0.2, 0.25) is 0 Å². The van der Waals surface area contributed by atoms with E-state index in [-0.39, 0.29) is 0 Å². The number of anilines is 1. The Kier molecular flexibility index (Phi) is 1.69. The predicted octanol–water partition coefficient (Wildman–Crippen LogP) is 2.38. The van der Waals surface area contributed by atoms with Crippen molar-refractivity contribution in [1.82, 2.24) is 9.97 Å². The van der Waals surface area contributed by atoms with Crippen LogP contribution in [0.4, 0.5) is 5.82 Å². The third-order valence-electron chi connectivity index (χ3n) is 2.71. The van der Waals surface area contributed by atoms with Crippen molar-refractivity contribution in [1.29, 1.82) is 0 Å². The molecule has 3 nitrogen and oxygen atoms in total. The lowest BCUT2D eigenvalue weighted by molar-refractivity contribution is 0.883. The van der Waals surface area contributed by atoms with Gasteiger partial charge >= 0.3 is 0 Å². The molecule has 1 saturated carbocycles. The Balaban J connectivity index is 1.81. The largest absolute Gasteiger partial charge is 0.370 e. The maximum atomic E-state index is 4.34. The zero-order valence-electron chi connectivity index (χ0n) is 7.96. The summed E-state index contributed by atoms with van der Waals surface area (Å²) < 4.78 is 0. The van der Waals surface area contributed by atoms with Crippen LogP contribution >= 0.6 is 0 Å². The molecule has 0 aliphatic heterocycles. The Morgan fingerprint density at radius 1 is 1.50 bits per heavy atom. The van der Waals surface area contributed by atoms with Crippen molar-refractivity contribution in [2.45, 2.75) is 12.8 Å². The highest BCUT2D eigenvalue weighted by Crippen LogP contribution is 2.28. The molecule has 2 aromatic rings. The van der Waals surface area contributed by atoms with E-state index in [4.69, 9.17) is 0 Å². The smallest absolute Gasteiger partial charge is 0.126 e. The summed E-state index contributed by atoms with van der Waals surface area (Å²) in [5.74, 6) is 1.88. The second kappa shape index (κ2) is 3.01. The summed E-state index contributed by atoms with van der Waals surface area (Å²) in [5, 5.41) is 4.58. The van der Waals surface area contributed by atoms with Gasteiger partial charge in [0.15, 0.2) is 0 Å². The number of H-pyrrole nitrogens is 1. The van der Waals surface area contributed by atoms with Gasteiger partial charge in [-0.15, -0.1) is 0 Å². The molecular formula is C11H13N3. The van der Waals surface area contributed by atoms with Gasteiger partial charge in [-0.1, -0.05) is 0 Å². The molecule has 0 amide bonds. The molecule has 0 bridgehead atoms. The summed E-state index contributed by atoms with van der Waals surface area (Å²) in [7, 11) is 0. The van der Waals surface area contributed by atoms with Crippen molar-refractivity contribution >= 4 is 16.7 Å². The molecule has 14 heavy (non-hydrogen) atoms. The van der Waals surface area contributed by atoms with Crippen molar-refractivity contribution in [3.05, 3.63) is 24.5 Å². The van der Waals surface area contributed by atoms with E-state index in [9.17, 15) is 0 Å². The third kappa shape index (κ3) is 1.45. The van der Waals surface area contributed by atoms with Gasteiger partial charge in [0.05, 0.1) is 11.7 Å². The fourth-order valence-corrected chi connectivity index (χ4v) is 1.62. The molecular weight excluding hydrogens is 174 g/mol. The van der Waals surface area contributed by atoms with Crippen LogP contribution < -0.4 is 5.32 Å². The zero-order chi connectivity index (χ0) is 9.38. The van der Waals surface area contributed by atoms with Crippen LogP contribution in [0.3, 0.4) is 0 Å². The summed E-state index contributed by atoms with van der Waals surface area (Å²) in [6.07, 6.45) is 6.57. The van der Waals surface area contributed by atoms with Gasteiger partial charge < -0.3 is 10.3 Å². The van der Waals surface area contributed by atoms with Crippen LogP contribution in [0.25, 0.3) is 10.9 Å². The van der Waals surface area contributed by atoms with E-state index in [1.54, 1.807) is 0 Å². The van der Waals surface area contributed by atoms with Gasteiger partial charge in [0.25, 0.3) is 0 Å². The molecule has 2 aromatic heterocycles. The lowest BCUT2D eigenvalue weighted by atomic mass is 10.3. The Bertz CT molecular complexity index is 442. The Morgan fingerprint density at radius 3 is 3.29 bits per heavy atom. The molecule has 0 unspecified atom stereocenters. The average molecular weight is 187 g/mol. The van der Waals surface area contributed by atoms with E-state index in [0.717, 1.165) is 23.8 Å². The molecule has 0 spiro atoms. The Hall–Kier alpha value is -1.51. The highest BCUT2D eigenvalue weighted by molar-refractivity contribution is 5.80. The SMILES string of the molecule is c1cc2cc(NCC3CC3)ncc2[nH]1. The van der Waals surface area contributed by atoms with Crippen LogP contribution in [0, 0.1) is 5.92 Å². The molecule has 0 radical (unpaired) electrons. The van der Waals surface area contributed by atoms with E-state index in [1.165, 1.54) is 18.2 Å². The monoisotopic (exact) mass is 187 g/mol. The van der Waals surface area contributed by atoms with Crippen LogP contribution in [0.1, 0.15) is 12.8 Å². The van der Waals surface area contributed by atoms with Crippen molar-refractivity contribution in [2.75, 3.05) is 11.9 Å². The second-order valence-electron chi connectivity index (χ2n) is 3.96. The first kappa shape index (κ1) is 7.85. The molecule has 3 rings (SSSR count). The molecule has 72 valence electrons. The topological polar surface area (TPSA) is 40.7 Å². The van der Waals surface area contributed by atoms with E-state index in [2.05, 4.69) is 27.4 Å². The summed E-state index contributed by atoms with van der Waals surface area (Å²) in [6, 6.07) is 4.16. The van der Waals surface area contributed by atoms with Gasteiger partial charge in [-0.2, -0.15) is 0 Å². The van der Waals surface area contributed by atoms with Gasteiger partial charge in [-0.3, -0.25) is 0 Å². The number of nitrogens with zero attached hydrogens (tertiary/aromatic N) is 1. The van der Waals surface area contributed by atoms with E-state index in [1.807, 2.05) is 12.4 Å². The zero-order valence-corrected chi connectivity index (χ0v) is 7.96. The molecule has 0 atom stereocenters. The molecule has 2 heterocycles. The van der Waals surface area contributed by atoms with Crippen LogP contribution in [-0.4, -0.2) is 16.5 Å². The predicted molar refractivity (Wildman–Crippen MR) is 57.3 cm³/mol. The number of nitrogens with one attached hydrogen (secondary N) is 2. The van der Waals surface area contributed by atoms with Crippen molar-refractivity contribution < 1.29 is 0 Å². The number of fused-ring (bicyclic) bond motifs is 1. The van der Waals surface area contributed by atoms with E-state index >= 15 is 0 Å². The fourth-order valence-electron chi connectivity index (χ4n) is 1.62. The molecule has 2 N–H and O–H groups in total. The maximum absolute atomic E-state index is 4.34. The highest BCUT2D eigenvalue weighted by atomic mass is 15.0. The number of rotatable bonds is 3. The number of pyridine rings is 1. The van der Waals surface area contributed by atoms with Gasteiger partial charge in [0, 0.05) is 18.1 Å². The van der Waals surface area contributed by atoms with Crippen molar-refractivity contribution in [3.63, 3.8) is 0 Å². The standard InChI is InChI=1S/C11H13N3/c1-2-8(1)6-13-11-5-9-3-4-12-10(9)7-14-11/h3-5,7-8,12H,1-2,6H2,(H,13,14). The van der Waals surface area contributed by atoms with E-state index < -0.39 is 0 Å². The normalized spacial score (nSPS) is 16.0. The second-order valence-corrected chi connectivity index (χ2v) is 3.96. The Labute approximate surface area is 82.5 Å². The lowest BCUT2D eigenvalue weighted by Gasteiger charge is -2.03. The molecule has 1 aliphatic rings. The van der Waals surface area contributed by atoms with Crippen LogP contribution in [-0.2, 0) is 0 Å². The maximum Gasteiger partial charge on any atom is 0.126 e. The van der Waals surface area contributed by atoms with Gasteiger partial charge in [-0.05, 0) is 30.9 Å². The molecule has 0 aromatic carbocycles. The number of hydrogen-bond donors (Lipinski definition) is 2. The first-order valence-corrected chi connectivity index (χ1v) is 5.09. The number of aromatic amines is 1.